The van der Waals surface area contributed by atoms with Crippen molar-refractivity contribution < 1.29 is 14.5 Å². The summed E-state index contributed by atoms with van der Waals surface area (Å²) in [6.45, 7) is 7.59. The predicted octanol–water partition coefficient (Wildman–Crippen LogP) is 0.628. The lowest BCUT2D eigenvalue weighted by Crippen LogP contribution is -3.14. The number of likely N-dealkylation sites (N-methyl/N-ethyl adjacent to an activating group) is 2. The third-order valence-electron chi connectivity index (χ3n) is 3.17. The first-order chi connectivity index (χ1) is 9.96. The number of hydrogen-bond acceptors (Lipinski definition) is 2. The summed E-state index contributed by atoms with van der Waals surface area (Å²) in [7, 11) is 0. The molecule has 0 aliphatic rings. The highest BCUT2D eigenvalue weighted by Gasteiger charge is 2.16. The van der Waals surface area contributed by atoms with Gasteiger partial charge >= 0.3 is 0 Å². The van der Waals surface area contributed by atoms with Crippen molar-refractivity contribution in [3.05, 3.63) is 28.8 Å². The SMILES string of the molecule is CCNC(=O)C[NH+](CC)CC(=O)Nc1cc(Cl)ccc1C. The zero-order chi connectivity index (χ0) is 15.8. The standard InChI is InChI=1S/C15H22ClN3O2/c1-4-17-14(20)9-19(5-2)10-15(21)18-13-8-12(16)7-6-11(13)3/h6-8H,4-5,9-10H2,1-3H3,(H,17,20)(H,18,21)/p+1. The van der Waals surface area contributed by atoms with E-state index in [1.807, 2.05) is 26.8 Å². The molecule has 0 saturated heterocycles. The van der Waals surface area contributed by atoms with Gasteiger partial charge in [0.2, 0.25) is 0 Å². The highest BCUT2D eigenvalue weighted by atomic mass is 35.5. The largest absolute Gasteiger partial charge is 0.351 e. The minimum atomic E-state index is -0.124. The summed E-state index contributed by atoms with van der Waals surface area (Å²) in [5.41, 5.74) is 1.66. The number of hydrogen-bond donors (Lipinski definition) is 3. The Morgan fingerprint density at radius 3 is 2.48 bits per heavy atom. The number of halogens is 1. The van der Waals surface area contributed by atoms with Gasteiger partial charge in [0.25, 0.3) is 11.8 Å². The molecule has 0 saturated carbocycles. The number of benzene rings is 1. The Morgan fingerprint density at radius 1 is 1.19 bits per heavy atom. The van der Waals surface area contributed by atoms with E-state index in [0.29, 0.717) is 30.3 Å². The molecule has 0 aromatic heterocycles. The van der Waals surface area contributed by atoms with Crippen LogP contribution in [0.5, 0.6) is 0 Å². The zero-order valence-electron chi connectivity index (χ0n) is 12.8. The molecule has 1 unspecified atom stereocenters. The van der Waals surface area contributed by atoms with Gasteiger partial charge in [-0.05, 0) is 38.5 Å². The van der Waals surface area contributed by atoms with Crippen molar-refractivity contribution in [1.29, 1.82) is 0 Å². The molecular formula is C15H23ClN3O2+. The second kappa shape index (κ2) is 8.64. The van der Waals surface area contributed by atoms with Crippen LogP contribution in [0.4, 0.5) is 5.69 Å². The van der Waals surface area contributed by atoms with Crippen LogP contribution in [0.15, 0.2) is 18.2 Å². The van der Waals surface area contributed by atoms with Crippen LogP contribution in [0.2, 0.25) is 5.02 Å². The molecule has 21 heavy (non-hydrogen) atoms. The van der Waals surface area contributed by atoms with E-state index in [4.69, 9.17) is 11.6 Å². The molecule has 3 N–H and O–H groups in total. The van der Waals surface area contributed by atoms with E-state index in [1.54, 1.807) is 12.1 Å². The summed E-state index contributed by atoms with van der Waals surface area (Å²) in [5.74, 6) is -0.164. The molecule has 0 bridgehead atoms. The molecule has 1 rings (SSSR count). The number of anilines is 1. The Kier molecular flexibility index (Phi) is 7.19. The second-order valence-corrected chi connectivity index (χ2v) is 5.35. The Bertz CT molecular complexity index is 506. The zero-order valence-corrected chi connectivity index (χ0v) is 13.5. The molecule has 0 heterocycles. The lowest BCUT2D eigenvalue weighted by Gasteiger charge is -2.17. The highest BCUT2D eigenvalue weighted by molar-refractivity contribution is 6.31. The van der Waals surface area contributed by atoms with E-state index in [2.05, 4.69) is 10.6 Å². The molecule has 0 fully saturated rings. The molecule has 0 spiro atoms. The van der Waals surface area contributed by atoms with E-state index in [-0.39, 0.29) is 18.4 Å². The lowest BCUT2D eigenvalue weighted by atomic mass is 10.2. The molecular weight excluding hydrogens is 290 g/mol. The first kappa shape index (κ1) is 17.5. The van der Waals surface area contributed by atoms with Gasteiger partial charge in [0.05, 0.1) is 6.54 Å². The normalized spacial score (nSPS) is 11.8. The minimum absolute atomic E-state index is 0.0407. The van der Waals surface area contributed by atoms with Crippen LogP contribution >= 0.6 is 11.6 Å². The summed E-state index contributed by atoms with van der Waals surface area (Å²) >= 11 is 5.93. The molecule has 116 valence electrons. The average molecular weight is 313 g/mol. The summed E-state index contributed by atoms with van der Waals surface area (Å²) in [6, 6.07) is 5.37. The third kappa shape index (κ3) is 6.14. The highest BCUT2D eigenvalue weighted by Crippen LogP contribution is 2.19. The molecule has 6 heteroatoms. The van der Waals surface area contributed by atoms with Gasteiger partial charge in [0, 0.05) is 17.3 Å². The van der Waals surface area contributed by atoms with Crippen LogP contribution in [0.25, 0.3) is 0 Å². The van der Waals surface area contributed by atoms with E-state index < -0.39 is 0 Å². The molecule has 0 aliphatic heterocycles. The summed E-state index contributed by atoms with van der Waals surface area (Å²) in [4.78, 5) is 24.6. The Morgan fingerprint density at radius 2 is 1.86 bits per heavy atom. The topological polar surface area (TPSA) is 62.6 Å². The Balaban J connectivity index is 2.58. The van der Waals surface area contributed by atoms with Crippen molar-refractivity contribution in [3.63, 3.8) is 0 Å². The van der Waals surface area contributed by atoms with Gasteiger partial charge in [-0.25, -0.2) is 0 Å². The van der Waals surface area contributed by atoms with E-state index >= 15 is 0 Å². The van der Waals surface area contributed by atoms with Crippen LogP contribution in [-0.4, -0.2) is 38.0 Å². The molecule has 1 aromatic carbocycles. The van der Waals surface area contributed by atoms with E-state index in [9.17, 15) is 9.59 Å². The Labute approximate surface area is 130 Å². The summed E-state index contributed by atoms with van der Waals surface area (Å²) in [5, 5.41) is 6.17. The minimum Gasteiger partial charge on any atom is -0.351 e. The number of aryl methyl sites for hydroxylation is 1. The average Bonchev–Trinajstić information content (AvgIpc) is 2.42. The molecule has 5 nitrogen and oxygen atoms in total. The third-order valence-corrected chi connectivity index (χ3v) is 3.40. The first-order valence-corrected chi connectivity index (χ1v) is 7.50. The van der Waals surface area contributed by atoms with Gasteiger partial charge in [-0.1, -0.05) is 17.7 Å². The number of carbonyl (C=O) groups excluding carboxylic acids is 2. The summed E-state index contributed by atoms with van der Waals surface area (Å²) in [6.07, 6.45) is 0. The fourth-order valence-corrected chi connectivity index (χ4v) is 2.12. The van der Waals surface area contributed by atoms with Crippen LogP contribution in [0.3, 0.4) is 0 Å². The van der Waals surface area contributed by atoms with Crippen LogP contribution in [0.1, 0.15) is 19.4 Å². The van der Waals surface area contributed by atoms with Gasteiger partial charge in [0.15, 0.2) is 13.1 Å². The Hall–Kier alpha value is -1.59. The number of amides is 2. The molecule has 1 aromatic rings. The van der Waals surface area contributed by atoms with Crippen LogP contribution in [0, 0.1) is 6.92 Å². The van der Waals surface area contributed by atoms with Crippen molar-refractivity contribution in [2.45, 2.75) is 20.8 Å². The maximum atomic E-state index is 12.1. The van der Waals surface area contributed by atoms with Crippen molar-refractivity contribution in [2.75, 3.05) is 31.5 Å². The number of nitrogens with one attached hydrogen (secondary N) is 3. The summed E-state index contributed by atoms with van der Waals surface area (Å²) < 4.78 is 0. The van der Waals surface area contributed by atoms with Gasteiger partial charge < -0.3 is 15.5 Å². The number of rotatable bonds is 7. The van der Waals surface area contributed by atoms with E-state index in [1.165, 1.54) is 0 Å². The van der Waals surface area contributed by atoms with Crippen molar-refractivity contribution in [3.8, 4) is 0 Å². The quantitative estimate of drug-likeness (QED) is 0.691. The predicted molar refractivity (Wildman–Crippen MR) is 84.7 cm³/mol. The van der Waals surface area contributed by atoms with Gasteiger partial charge in [0.1, 0.15) is 0 Å². The second-order valence-electron chi connectivity index (χ2n) is 4.92. The molecule has 2 amide bonds. The smallest absolute Gasteiger partial charge is 0.279 e. The number of carbonyl (C=O) groups is 2. The lowest BCUT2D eigenvalue weighted by molar-refractivity contribution is -0.881. The van der Waals surface area contributed by atoms with Gasteiger partial charge in [-0.15, -0.1) is 0 Å². The number of quaternary nitrogens is 1. The van der Waals surface area contributed by atoms with Crippen LogP contribution < -0.4 is 15.5 Å². The van der Waals surface area contributed by atoms with Gasteiger partial charge in [-0.2, -0.15) is 0 Å². The monoisotopic (exact) mass is 312 g/mol. The van der Waals surface area contributed by atoms with E-state index in [0.717, 1.165) is 10.5 Å². The van der Waals surface area contributed by atoms with Crippen molar-refractivity contribution in [2.24, 2.45) is 0 Å². The maximum Gasteiger partial charge on any atom is 0.279 e. The molecule has 0 aliphatic carbocycles. The van der Waals surface area contributed by atoms with Crippen molar-refractivity contribution in [1.82, 2.24) is 5.32 Å². The first-order valence-electron chi connectivity index (χ1n) is 7.12. The molecule has 1 atom stereocenters. The molecule has 0 radical (unpaired) electrons. The van der Waals surface area contributed by atoms with Gasteiger partial charge in [-0.3, -0.25) is 9.59 Å². The fraction of sp³-hybridized carbons (Fsp3) is 0.467. The van der Waals surface area contributed by atoms with Crippen molar-refractivity contribution >= 4 is 29.1 Å². The maximum absolute atomic E-state index is 12.1. The van der Waals surface area contributed by atoms with Crippen LogP contribution in [-0.2, 0) is 9.59 Å². The fourth-order valence-electron chi connectivity index (χ4n) is 1.95.